The molecule has 6 heteroatoms. The van der Waals surface area contributed by atoms with Gasteiger partial charge in [0.1, 0.15) is 5.75 Å². The molecule has 0 bridgehead atoms. The van der Waals surface area contributed by atoms with E-state index in [9.17, 15) is 4.79 Å². The van der Waals surface area contributed by atoms with E-state index in [1.165, 1.54) is 0 Å². The Kier molecular flexibility index (Phi) is 5.54. The highest BCUT2D eigenvalue weighted by molar-refractivity contribution is 6.02. The molecule has 1 heterocycles. The number of hydrogen-bond donors (Lipinski definition) is 1. The van der Waals surface area contributed by atoms with Gasteiger partial charge in [-0.2, -0.15) is 0 Å². The number of ether oxygens (including phenoxy) is 1. The maximum atomic E-state index is 13.0. The summed E-state index contributed by atoms with van der Waals surface area (Å²) in [6.07, 6.45) is 0. The number of anilines is 1. The molecule has 4 rings (SSSR count). The summed E-state index contributed by atoms with van der Waals surface area (Å²) in [4.78, 5) is 17.6. The lowest BCUT2D eigenvalue weighted by atomic mass is 10.1. The van der Waals surface area contributed by atoms with Crippen molar-refractivity contribution < 1.29 is 9.53 Å². The summed E-state index contributed by atoms with van der Waals surface area (Å²) in [5, 5.41) is 7.47. The van der Waals surface area contributed by atoms with Crippen LogP contribution in [0.2, 0.25) is 0 Å². The largest absolute Gasteiger partial charge is 0.497 e. The van der Waals surface area contributed by atoms with Gasteiger partial charge in [0.25, 0.3) is 5.91 Å². The molecule has 0 spiro atoms. The van der Waals surface area contributed by atoms with Crippen molar-refractivity contribution in [1.82, 2.24) is 14.8 Å². The van der Waals surface area contributed by atoms with Crippen molar-refractivity contribution in [2.45, 2.75) is 20.8 Å². The SMILES string of the molecule is COc1ccc(-n2nc(C(=O)Nc3ccc(C)cc3C)nc2-c2cccc(C)c2)cc1. The molecule has 0 saturated heterocycles. The average Bonchev–Trinajstić information content (AvgIpc) is 3.21. The Balaban J connectivity index is 1.75. The smallest absolute Gasteiger partial charge is 0.295 e. The highest BCUT2D eigenvalue weighted by Crippen LogP contribution is 2.24. The third kappa shape index (κ3) is 4.33. The molecule has 0 radical (unpaired) electrons. The van der Waals surface area contributed by atoms with Gasteiger partial charge in [-0.1, -0.05) is 41.5 Å². The molecule has 0 aliphatic heterocycles. The quantitative estimate of drug-likeness (QED) is 0.494. The lowest BCUT2D eigenvalue weighted by molar-refractivity contribution is 0.101. The van der Waals surface area contributed by atoms with E-state index < -0.39 is 0 Å². The molecule has 6 nitrogen and oxygen atoms in total. The zero-order chi connectivity index (χ0) is 22.0. The van der Waals surface area contributed by atoms with Crippen molar-refractivity contribution in [3.8, 4) is 22.8 Å². The predicted octanol–water partition coefficient (Wildman–Crippen LogP) is 5.12. The summed E-state index contributed by atoms with van der Waals surface area (Å²) in [7, 11) is 1.62. The van der Waals surface area contributed by atoms with Crippen LogP contribution in [0, 0.1) is 20.8 Å². The number of carbonyl (C=O) groups is 1. The highest BCUT2D eigenvalue weighted by atomic mass is 16.5. The van der Waals surface area contributed by atoms with Crippen molar-refractivity contribution in [3.05, 3.63) is 89.2 Å². The molecule has 0 aliphatic carbocycles. The van der Waals surface area contributed by atoms with Gasteiger partial charge in [-0.05, 0) is 62.7 Å². The van der Waals surface area contributed by atoms with Crippen LogP contribution in [0.15, 0.2) is 66.7 Å². The normalized spacial score (nSPS) is 10.7. The van der Waals surface area contributed by atoms with E-state index in [2.05, 4.69) is 15.4 Å². The number of amides is 1. The first-order chi connectivity index (χ1) is 14.9. The highest BCUT2D eigenvalue weighted by Gasteiger charge is 2.19. The van der Waals surface area contributed by atoms with Crippen molar-refractivity contribution in [1.29, 1.82) is 0 Å². The van der Waals surface area contributed by atoms with Crippen LogP contribution in [-0.4, -0.2) is 27.8 Å². The topological polar surface area (TPSA) is 69.0 Å². The Morgan fingerprint density at radius 1 is 0.935 bits per heavy atom. The number of carbonyl (C=O) groups excluding carboxylic acids is 1. The molecule has 0 fully saturated rings. The number of rotatable bonds is 5. The van der Waals surface area contributed by atoms with E-state index in [1.807, 2.05) is 87.5 Å². The summed E-state index contributed by atoms with van der Waals surface area (Å²) >= 11 is 0. The van der Waals surface area contributed by atoms with Gasteiger partial charge in [-0.25, -0.2) is 9.67 Å². The number of benzene rings is 3. The summed E-state index contributed by atoms with van der Waals surface area (Å²) < 4.78 is 6.94. The van der Waals surface area contributed by atoms with Crippen LogP contribution in [-0.2, 0) is 0 Å². The second-order valence-electron chi connectivity index (χ2n) is 7.51. The van der Waals surface area contributed by atoms with Crippen LogP contribution in [0.5, 0.6) is 5.75 Å². The van der Waals surface area contributed by atoms with Crippen molar-refractivity contribution in [3.63, 3.8) is 0 Å². The number of nitrogens with one attached hydrogen (secondary N) is 1. The Hall–Kier alpha value is -3.93. The maximum absolute atomic E-state index is 13.0. The van der Waals surface area contributed by atoms with Crippen LogP contribution >= 0.6 is 0 Å². The molecule has 1 amide bonds. The zero-order valence-corrected chi connectivity index (χ0v) is 18.0. The Bertz CT molecular complexity index is 1240. The standard InChI is InChI=1S/C25H24N4O2/c1-16-6-5-7-19(15-16)24-27-23(25(30)26-22-13-8-17(2)14-18(22)3)28-29(24)20-9-11-21(31-4)12-10-20/h5-15H,1-4H3,(H,26,30). The predicted molar refractivity (Wildman–Crippen MR) is 122 cm³/mol. The first kappa shape index (κ1) is 20.3. The van der Waals surface area contributed by atoms with E-state index in [0.29, 0.717) is 5.82 Å². The summed E-state index contributed by atoms with van der Waals surface area (Å²) in [5.74, 6) is 1.09. The number of aromatic nitrogens is 3. The van der Waals surface area contributed by atoms with Crippen LogP contribution in [0.3, 0.4) is 0 Å². The average molecular weight is 412 g/mol. The fraction of sp³-hybridized carbons (Fsp3) is 0.160. The van der Waals surface area contributed by atoms with Gasteiger partial charge < -0.3 is 10.1 Å². The fourth-order valence-electron chi connectivity index (χ4n) is 3.41. The lowest BCUT2D eigenvalue weighted by Gasteiger charge is -2.07. The molecular formula is C25H24N4O2. The van der Waals surface area contributed by atoms with Gasteiger partial charge in [-0.3, -0.25) is 4.79 Å². The molecule has 0 saturated carbocycles. The van der Waals surface area contributed by atoms with Gasteiger partial charge >= 0.3 is 0 Å². The molecular weight excluding hydrogens is 388 g/mol. The second kappa shape index (κ2) is 8.44. The van der Waals surface area contributed by atoms with Crippen molar-refractivity contribution in [2.75, 3.05) is 12.4 Å². The van der Waals surface area contributed by atoms with E-state index in [-0.39, 0.29) is 11.7 Å². The van der Waals surface area contributed by atoms with Gasteiger partial charge in [0.05, 0.1) is 12.8 Å². The van der Waals surface area contributed by atoms with Crippen LogP contribution in [0.1, 0.15) is 27.3 Å². The molecule has 156 valence electrons. The van der Waals surface area contributed by atoms with E-state index in [1.54, 1.807) is 11.8 Å². The molecule has 3 aromatic carbocycles. The summed E-state index contributed by atoms with van der Waals surface area (Å²) in [5.41, 5.74) is 5.64. The van der Waals surface area contributed by atoms with Crippen LogP contribution in [0.4, 0.5) is 5.69 Å². The number of aryl methyl sites for hydroxylation is 3. The van der Waals surface area contributed by atoms with Gasteiger partial charge in [-0.15, -0.1) is 5.10 Å². The number of methoxy groups -OCH3 is 1. The summed E-state index contributed by atoms with van der Waals surface area (Å²) in [6.45, 7) is 6.00. The van der Waals surface area contributed by atoms with E-state index in [4.69, 9.17) is 4.74 Å². The zero-order valence-electron chi connectivity index (χ0n) is 18.0. The van der Waals surface area contributed by atoms with Gasteiger partial charge in [0, 0.05) is 11.3 Å². The summed E-state index contributed by atoms with van der Waals surface area (Å²) in [6, 6.07) is 21.3. The van der Waals surface area contributed by atoms with Crippen LogP contribution < -0.4 is 10.1 Å². The molecule has 31 heavy (non-hydrogen) atoms. The van der Waals surface area contributed by atoms with Gasteiger partial charge in [0.15, 0.2) is 5.82 Å². The molecule has 1 N–H and O–H groups in total. The Morgan fingerprint density at radius 3 is 2.35 bits per heavy atom. The monoisotopic (exact) mass is 412 g/mol. The minimum Gasteiger partial charge on any atom is -0.497 e. The fourth-order valence-corrected chi connectivity index (χ4v) is 3.41. The first-order valence-corrected chi connectivity index (χ1v) is 10.0. The third-order valence-electron chi connectivity index (χ3n) is 5.03. The number of nitrogens with zero attached hydrogens (tertiary/aromatic N) is 3. The molecule has 0 unspecified atom stereocenters. The maximum Gasteiger partial charge on any atom is 0.295 e. The van der Waals surface area contributed by atoms with Crippen LogP contribution in [0.25, 0.3) is 17.1 Å². The molecule has 0 atom stereocenters. The lowest BCUT2D eigenvalue weighted by Crippen LogP contribution is -2.15. The Morgan fingerprint density at radius 2 is 1.68 bits per heavy atom. The van der Waals surface area contributed by atoms with E-state index >= 15 is 0 Å². The van der Waals surface area contributed by atoms with E-state index in [0.717, 1.165) is 39.4 Å². The molecule has 4 aromatic rings. The molecule has 1 aromatic heterocycles. The number of hydrogen-bond acceptors (Lipinski definition) is 4. The molecule has 0 aliphatic rings. The van der Waals surface area contributed by atoms with Gasteiger partial charge in [0.2, 0.25) is 5.82 Å². The first-order valence-electron chi connectivity index (χ1n) is 10.0. The minimum atomic E-state index is -0.354. The van der Waals surface area contributed by atoms with Crippen molar-refractivity contribution in [2.24, 2.45) is 0 Å². The third-order valence-corrected chi connectivity index (χ3v) is 5.03. The second-order valence-corrected chi connectivity index (χ2v) is 7.51. The van der Waals surface area contributed by atoms with Crippen molar-refractivity contribution >= 4 is 11.6 Å². The minimum absolute atomic E-state index is 0.104. The Labute approximate surface area is 181 Å².